The van der Waals surface area contributed by atoms with Crippen LogP contribution in [0.15, 0.2) is 41.1 Å². The van der Waals surface area contributed by atoms with E-state index >= 15 is 0 Å². The van der Waals surface area contributed by atoms with Gasteiger partial charge in [0.05, 0.1) is 25.9 Å². The number of methoxy groups -OCH3 is 1. The Morgan fingerprint density at radius 2 is 2.13 bits per heavy atom. The van der Waals surface area contributed by atoms with Crippen molar-refractivity contribution in [2.75, 3.05) is 30.5 Å². The van der Waals surface area contributed by atoms with E-state index in [1.807, 2.05) is 13.8 Å². The molecule has 2 aliphatic rings. The fourth-order valence-electron chi connectivity index (χ4n) is 3.36. The second-order valence-electron chi connectivity index (χ2n) is 6.69. The Kier molecular flexibility index (Phi) is 5.80. The van der Waals surface area contributed by atoms with Gasteiger partial charge in [-0.3, -0.25) is 0 Å². The van der Waals surface area contributed by atoms with Crippen molar-refractivity contribution >= 4 is 17.7 Å². The van der Waals surface area contributed by atoms with Gasteiger partial charge in [0.2, 0.25) is 11.8 Å². The zero-order chi connectivity index (χ0) is 21.1. The maximum Gasteiger partial charge on any atom is 0.230 e. The number of anilines is 3. The third kappa shape index (κ3) is 4.06. The highest BCUT2D eigenvalue weighted by molar-refractivity contribution is 5.65. The summed E-state index contributed by atoms with van der Waals surface area (Å²) in [6.07, 6.45) is 3.00. The number of benzene rings is 1. The quantitative estimate of drug-likeness (QED) is 0.661. The van der Waals surface area contributed by atoms with Crippen molar-refractivity contribution < 1.29 is 19.8 Å². The van der Waals surface area contributed by atoms with Gasteiger partial charge in [0, 0.05) is 31.9 Å². The highest BCUT2D eigenvalue weighted by atomic mass is 19.1. The van der Waals surface area contributed by atoms with Crippen molar-refractivity contribution in [3.05, 3.63) is 42.3 Å². The van der Waals surface area contributed by atoms with Crippen LogP contribution in [0.1, 0.15) is 21.7 Å². The molecule has 1 saturated carbocycles. The lowest BCUT2D eigenvalue weighted by Crippen LogP contribution is -2.37. The van der Waals surface area contributed by atoms with Crippen molar-refractivity contribution in [3.63, 3.8) is 0 Å². The molecule has 0 spiro atoms. The first kappa shape index (κ1) is 20.1. The fraction of sp³-hybridized carbons (Fsp3) is 0.381. The second-order valence-corrected chi connectivity index (χ2v) is 6.69. The lowest BCUT2D eigenvalue weighted by Gasteiger charge is -2.26. The molecule has 5 rings (SSSR count). The Hall–Kier alpha value is -3.20. The third-order valence-electron chi connectivity index (χ3n) is 4.88. The molecular weight excluding hydrogens is 389 g/mol. The molecule has 9 heteroatoms. The van der Waals surface area contributed by atoms with Gasteiger partial charge in [-0.25, -0.2) is 9.37 Å². The lowest BCUT2D eigenvalue weighted by atomic mass is 10.1. The van der Waals surface area contributed by atoms with Crippen LogP contribution in [0.3, 0.4) is 0 Å². The van der Waals surface area contributed by atoms with E-state index in [9.17, 15) is 4.39 Å². The molecule has 8 nitrogen and oxygen atoms in total. The number of nitrogens with one attached hydrogen (secondary N) is 1. The van der Waals surface area contributed by atoms with Gasteiger partial charge >= 0.3 is 0 Å². The summed E-state index contributed by atoms with van der Waals surface area (Å²) >= 11 is 0. The van der Waals surface area contributed by atoms with Crippen LogP contribution in [0.25, 0.3) is 11.3 Å². The normalized spacial score (nSPS) is 19.4. The van der Waals surface area contributed by atoms with Gasteiger partial charge in [-0.05, 0) is 24.6 Å². The summed E-state index contributed by atoms with van der Waals surface area (Å²) in [5.74, 6) is 1.60. The summed E-state index contributed by atoms with van der Waals surface area (Å²) in [7, 11) is 1.49. The summed E-state index contributed by atoms with van der Waals surface area (Å²) in [6, 6.07) is 8.30. The number of halogens is 1. The molecule has 1 N–H and O–H groups in total. The van der Waals surface area contributed by atoms with Crippen molar-refractivity contribution in [1.82, 2.24) is 15.1 Å². The van der Waals surface area contributed by atoms with Gasteiger partial charge in [-0.2, -0.15) is 4.98 Å². The molecule has 2 fully saturated rings. The molecule has 1 aliphatic carbocycles. The molecule has 2 aromatic heterocycles. The molecule has 30 heavy (non-hydrogen) atoms. The average Bonchev–Trinajstić information content (AvgIpc) is 3.45. The predicted molar refractivity (Wildman–Crippen MR) is 113 cm³/mol. The predicted octanol–water partition coefficient (Wildman–Crippen LogP) is 4.27. The average molecular weight is 415 g/mol. The first-order valence-corrected chi connectivity index (χ1v) is 10.0. The van der Waals surface area contributed by atoms with Gasteiger partial charge in [0.25, 0.3) is 0 Å². The monoisotopic (exact) mass is 415 g/mol. The highest BCUT2D eigenvalue weighted by Crippen LogP contribution is 2.36. The summed E-state index contributed by atoms with van der Waals surface area (Å²) in [6.45, 7) is 5.45. The van der Waals surface area contributed by atoms with E-state index < -0.39 is 5.82 Å². The van der Waals surface area contributed by atoms with E-state index in [1.54, 1.807) is 30.5 Å². The third-order valence-corrected chi connectivity index (χ3v) is 4.88. The Bertz CT molecular complexity index is 1020. The molecule has 1 aliphatic heterocycles. The Morgan fingerprint density at radius 3 is 2.93 bits per heavy atom. The summed E-state index contributed by atoms with van der Waals surface area (Å²) < 4.78 is 30.2. The lowest BCUT2D eigenvalue weighted by molar-refractivity contribution is 0.102. The van der Waals surface area contributed by atoms with Crippen LogP contribution in [0.5, 0.6) is 5.75 Å². The van der Waals surface area contributed by atoms with Crippen LogP contribution in [-0.4, -0.2) is 47.5 Å². The zero-order valence-corrected chi connectivity index (χ0v) is 17.1. The Morgan fingerprint density at radius 1 is 1.27 bits per heavy atom. The largest absolute Gasteiger partial charge is 0.497 e. The topological polar surface area (TPSA) is 85.5 Å². The van der Waals surface area contributed by atoms with Crippen molar-refractivity contribution in [2.24, 2.45) is 0 Å². The van der Waals surface area contributed by atoms with Crippen LogP contribution in [0.4, 0.5) is 22.0 Å². The van der Waals surface area contributed by atoms with Crippen molar-refractivity contribution in [2.45, 2.75) is 32.4 Å². The fourth-order valence-corrected chi connectivity index (χ4v) is 3.36. The van der Waals surface area contributed by atoms with Crippen LogP contribution in [0.2, 0.25) is 0 Å². The van der Waals surface area contributed by atoms with E-state index in [-0.39, 0.29) is 1.43 Å². The van der Waals surface area contributed by atoms with Gasteiger partial charge in [0.15, 0.2) is 0 Å². The number of nitrogens with zero attached hydrogens (tertiary/aromatic N) is 4. The minimum Gasteiger partial charge on any atom is -0.497 e. The van der Waals surface area contributed by atoms with Crippen LogP contribution in [0, 0.1) is 5.82 Å². The molecule has 1 saturated heterocycles. The van der Waals surface area contributed by atoms with Crippen LogP contribution in [-0.2, 0) is 4.74 Å². The number of hydrogen-bond donors (Lipinski definition) is 1. The minimum absolute atomic E-state index is 0. The number of rotatable bonds is 5. The summed E-state index contributed by atoms with van der Waals surface area (Å²) in [5.41, 5.74) is 0.708. The number of morpholine rings is 1. The molecule has 1 aromatic carbocycles. The zero-order valence-electron chi connectivity index (χ0n) is 17.1. The van der Waals surface area contributed by atoms with Gasteiger partial charge < -0.3 is 24.2 Å². The van der Waals surface area contributed by atoms with E-state index in [0.717, 1.165) is 13.0 Å². The molecule has 160 valence electrons. The van der Waals surface area contributed by atoms with Gasteiger partial charge in [-0.15, -0.1) is 0 Å². The first-order valence-electron chi connectivity index (χ1n) is 10.0. The second kappa shape index (κ2) is 8.66. The number of ether oxygens (including phenoxy) is 2. The van der Waals surface area contributed by atoms with Crippen molar-refractivity contribution in [3.8, 4) is 17.0 Å². The molecular formula is C21H26FN5O3. The van der Waals surface area contributed by atoms with Crippen LogP contribution < -0.4 is 15.0 Å². The maximum absolute atomic E-state index is 14.2. The van der Waals surface area contributed by atoms with E-state index in [0.29, 0.717) is 53.4 Å². The maximum atomic E-state index is 14.2. The van der Waals surface area contributed by atoms with E-state index in [4.69, 9.17) is 14.0 Å². The van der Waals surface area contributed by atoms with Crippen LogP contribution >= 0.6 is 0 Å². The summed E-state index contributed by atoms with van der Waals surface area (Å²) in [5, 5.41) is 7.00. The standard InChI is InChI=1S/C19H18FN5O3.C2H6.H2/c1-26-11-2-3-12(13(20)8-11)14-9-18(28-24-14)22-17-4-5-21-19(23-17)25-6-7-27-16-10-15(16)25;1-2;/h2-5,8-9,15-16H,6-7,10H2,1H3,(H,21,22,23);1-2H3;1H. The molecule has 2 atom stereocenters. The highest BCUT2D eigenvalue weighted by Gasteiger charge is 2.46. The van der Waals surface area contributed by atoms with Gasteiger partial charge in [-0.1, -0.05) is 19.0 Å². The molecule has 0 amide bonds. The summed E-state index contributed by atoms with van der Waals surface area (Å²) in [4.78, 5) is 11.1. The number of fused-ring (bicyclic) bond motifs is 1. The van der Waals surface area contributed by atoms with Crippen molar-refractivity contribution in [1.29, 1.82) is 0 Å². The first-order chi connectivity index (χ1) is 14.7. The minimum atomic E-state index is -0.435. The Labute approximate surface area is 175 Å². The SMILES string of the molecule is CC.COc1ccc(-c2cc(Nc3ccnc(N4CCOC5CC54)n3)on2)c(F)c1.[HH]. The molecule has 0 radical (unpaired) electrons. The molecule has 3 heterocycles. The molecule has 3 aromatic rings. The number of aromatic nitrogens is 3. The Balaban J connectivity index is 0.000000883. The smallest absolute Gasteiger partial charge is 0.230 e. The molecule has 0 bridgehead atoms. The van der Waals surface area contributed by atoms with E-state index in [1.165, 1.54) is 13.2 Å². The van der Waals surface area contributed by atoms with Gasteiger partial charge in [0.1, 0.15) is 23.1 Å². The van der Waals surface area contributed by atoms with E-state index in [2.05, 4.69) is 25.3 Å². The molecule has 2 unspecified atom stereocenters. The number of hydrogen-bond acceptors (Lipinski definition) is 8.